The SMILES string of the molecule is CC(NCc1ccc(Cl)c(Br)c1)c1ccc(Cl)s1. The third-order valence-electron chi connectivity index (χ3n) is 2.62. The topological polar surface area (TPSA) is 12.0 Å². The van der Waals surface area contributed by atoms with E-state index < -0.39 is 0 Å². The molecule has 96 valence electrons. The minimum absolute atomic E-state index is 0.289. The lowest BCUT2D eigenvalue weighted by molar-refractivity contribution is 0.583. The largest absolute Gasteiger partial charge is 0.305 e. The van der Waals surface area contributed by atoms with Crippen molar-refractivity contribution in [1.29, 1.82) is 0 Å². The zero-order chi connectivity index (χ0) is 13.1. The van der Waals surface area contributed by atoms with Gasteiger partial charge in [0, 0.05) is 21.9 Å². The van der Waals surface area contributed by atoms with Gasteiger partial charge in [-0.1, -0.05) is 29.3 Å². The lowest BCUT2D eigenvalue weighted by atomic mass is 10.2. The van der Waals surface area contributed by atoms with Crippen molar-refractivity contribution in [2.24, 2.45) is 0 Å². The predicted octanol–water partition coefficient (Wildman–Crippen LogP) is 5.67. The number of nitrogens with one attached hydrogen (secondary N) is 1. The van der Waals surface area contributed by atoms with E-state index in [1.54, 1.807) is 11.3 Å². The van der Waals surface area contributed by atoms with Crippen molar-refractivity contribution in [3.8, 4) is 0 Å². The average molecular weight is 365 g/mol. The third-order valence-corrected chi connectivity index (χ3v) is 5.24. The van der Waals surface area contributed by atoms with Crippen molar-refractivity contribution in [2.75, 3.05) is 0 Å². The Morgan fingerprint density at radius 1 is 1.28 bits per heavy atom. The molecule has 1 aromatic carbocycles. The molecule has 1 unspecified atom stereocenters. The molecule has 0 amide bonds. The summed E-state index contributed by atoms with van der Waals surface area (Å²) >= 11 is 16.9. The van der Waals surface area contributed by atoms with Crippen LogP contribution in [0.1, 0.15) is 23.4 Å². The first-order chi connectivity index (χ1) is 8.56. The molecule has 0 aliphatic carbocycles. The molecule has 5 heteroatoms. The molecule has 1 N–H and O–H groups in total. The van der Waals surface area contributed by atoms with E-state index in [0.717, 1.165) is 20.4 Å². The second kappa shape index (κ2) is 6.40. The highest BCUT2D eigenvalue weighted by molar-refractivity contribution is 9.10. The molecule has 1 aromatic heterocycles. The Bertz CT molecular complexity index is 542. The van der Waals surface area contributed by atoms with Gasteiger partial charge in [0.2, 0.25) is 0 Å². The Labute approximate surface area is 129 Å². The summed E-state index contributed by atoms with van der Waals surface area (Å²) < 4.78 is 1.75. The maximum absolute atomic E-state index is 5.96. The smallest absolute Gasteiger partial charge is 0.0931 e. The first-order valence-electron chi connectivity index (χ1n) is 5.49. The minimum Gasteiger partial charge on any atom is -0.305 e. The fraction of sp³-hybridized carbons (Fsp3) is 0.231. The quantitative estimate of drug-likeness (QED) is 0.737. The fourth-order valence-electron chi connectivity index (χ4n) is 1.58. The summed E-state index contributed by atoms with van der Waals surface area (Å²) in [6.45, 7) is 2.93. The first-order valence-corrected chi connectivity index (χ1v) is 7.85. The van der Waals surface area contributed by atoms with Crippen molar-refractivity contribution < 1.29 is 0 Å². The second-order valence-electron chi connectivity index (χ2n) is 3.99. The summed E-state index contributed by atoms with van der Waals surface area (Å²) in [5, 5.41) is 4.20. The van der Waals surface area contributed by atoms with E-state index in [0.29, 0.717) is 0 Å². The van der Waals surface area contributed by atoms with E-state index in [1.807, 2.05) is 24.3 Å². The molecule has 2 rings (SSSR count). The molecule has 0 spiro atoms. The number of hydrogen-bond acceptors (Lipinski definition) is 2. The Morgan fingerprint density at radius 2 is 2.06 bits per heavy atom. The van der Waals surface area contributed by atoms with Crippen LogP contribution in [0.25, 0.3) is 0 Å². The van der Waals surface area contributed by atoms with E-state index in [9.17, 15) is 0 Å². The van der Waals surface area contributed by atoms with Crippen molar-refractivity contribution in [1.82, 2.24) is 5.32 Å². The fourth-order valence-corrected chi connectivity index (χ4v) is 3.21. The van der Waals surface area contributed by atoms with Gasteiger partial charge in [0.25, 0.3) is 0 Å². The van der Waals surface area contributed by atoms with Crippen LogP contribution in [0.4, 0.5) is 0 Å². The van der Waals surface area contributed by atoms with Crippen LogP contribution in [0, 0.1) is 0 Å². The number of halogens is 3. The van der Waals surface area contributed by atoms with Gasteiger partial charge in [-0.05, 0) is 52.7 Å². The number of hydrogen-bond donors (Lipinski definition) is 1. The highest BCUT2D eigenvalue weighted by atomic mass is 79.9. The molecule has 0 saturated carbocycles. The van der Waals surface area contributed by atoms with E-state index >= 15 is 0 Å². The van der Waals surface area contributed by atoms with Crippen LogP contribution in [0.2, 0.25) is 9.36 Å². The molecule has 1 atom stereocenters. The van der Waals surface area contributed by atoms with Crippen LogP contribution >= 0.6 is 50.5 Å². The Balaban J connectivity index is 1.97. The third kappa shape index (κ3) is 3.72. The van der Waals surface area contributed by atoms with E-state index in [2.05, 4.69) is 34.2 Å². The number of thiophene rings is 1. The van der Waals surface area contributed by atoms with Crippen LogP contribution in [0.15, 0.2) is 34.8 Å². The second-order valence-corrected chi connectivity index (χ2v) is 7.00. The summed E-state index contributed by atoms with van der Waals surface area (Å²) in [5.41, 5.74) is 1.20. The van der Waals surface area contributed by atoms with Crippen LogP contribution < -0.4 is 5.32 Å². The van der Waals surface area contributed by atoms with Crippen LogP contribution in [0.5, 0.6) is 0 Å². The molecular formula is C13H12BrCl2NS. The van der Waals surface area contributed by atoms with Gasteiger partial charge in [-0.25, -0.2) is 0 Å². The van der Waals surface area contributed by atoms with Crippen LogP contribution in [-0.2, 0) is 6.54 Å². The Kier molecular flexibility index (Phi) is 5.10. The number of rotatable bonds is 4. The lowest BCUT2D eigenvalue weighted by Gasteiger charge is -2.12. The van der Waals surface area contributed by atoms with Gasteiger partial charge in [0.15, 0.2) is 0 Å². The molecular weight excluding hydrogens is 353 g/mol. The molecule has 0 bridgehead atoms. The Morgan fingerprint density at radius 3 is 2.67 bits per heavy atom. The molecule has 0 radical (unpaired) electrons. The molecule has 18 heavy (non-hydrogen) atoms. The lowest BCUT2D eigenvalue weighted by Crippen LogP contribution is -2.17. The Hall–Kier alpha value is -0.0600. The molecule has 1 nitrogen and oxygen atoms in total. The summed E-state index contributed by atoms with van der Waals surface area (Å²) in [6, 6.07) is 10.2. The van der Waals surface area contributed by atoms with Gasteiger partial charge in [-0.15, -0.1) is 11.3 Å². The van der Waals surface area contributed by atoms with Crippen LogP contribution in [-0.4, -0.2) is 0 Å². The highest BCUT2D eigenvalue weighted by Gasteiger charge is 2.08. The molecule has 2 aromatic rings. The molecule has 0 saturated heterocycles. The zero-order valence-corrected chi connectivity index (χ0v) is 13.6. The molecule has 0 aliphatic rings. The van der Waals surface area contributed by atoms with Crippen molar-refractivity contribution in [3.63, 3.8) is 0 Å². The summed E-state index contributed by atoms with van der Waals surface area (Å²) in [5.74, 6) is 0. The maximum Gasteiger partial charge on any atom is 0.0931 e. The van der Waals surface area contributed by atoms with Gasteiger partial charge in [0.05, 0.1) is 9.36 Å². The minimum atomic E-state index is 0.289. The van der Waals surface area contributed by atoms with E-state index in [-0.39, 0.29) is 6.04 Å². The van der Waals surface area contributed by atoms with Gasteiger partial charge in [-0.3, -0.25) is 0 Å². The van der Waals surface area contributed by atoms with Crippen molar-refractivity contribution in [2.45, 2.75) is 19.5 Å². The monoisotopic (exact) mass is 363 g/mol. The first kappa shape index (κ1) is 14.4. The molecule has 1 heterocycles. The van der Waals surface area contributed by atoms with Crippen molar-refractivity contribution >= 4 is 50.5 Å². The van der Waals surface area contributed by atoms with Gasteiger partial charge in [0.1, 0.15) is 0 Å². The van der Waals surface area contributed by atoms with Crippen LogP contribution in [0.3, 0.4) is 0 Å². The highest BCUT2D eigenvalue weighted by Crippen LogP contribution is 2.27. The van der Waals surface area contributed by atoms with Gasteiger partial charge in [-0.2, -0.15) is 0 Å². The average Bonchev–Trinajstić information content (AvgIpc) is 2.77. The van der Waals surface area contributed by atoms with Crippen molar-refractivity contribution in [3.05, 3.63) is 54.6 Å². The summed E-state index contributed by atoms with van der Waals surface area (Å²) in [4.78, 5) is 1.24. The normalized spacial score (nSPS) is 12.7. The summed E-state index contributed by atoms with van der Waals surface area (Å²) in [7, 11) is 0. The molecule has 0 fully saturated rings. The van der Waals surface area contributed by atoms with Gasteiger partial charge >= 0.3 is 0 Å². The van der Waals surface area contributed by atoms with E-state index in [4.69, 9.17) is 23.2 Å². The van der Waals surface area contributed by atoms with Gasteiger partial charge < -0.3 is 5.32 Å². The summed E-state index contributed by atoms with van der Waals surface area (Å²) in [6.07, 6.45) is 0. The molecule has 0 aliphatic heterocycles. The maximum atomic E-state index is 5.96. The zero-order valence-electron chi connectivity index (χ0n) is 9.71. The van der Waals surface area contributed by atoms with E-state index in [1.165, 1.54) is 10.4 Å². The predicted molar refractivity (Wildman–Crippen MR) is 83.7 cm³/mol. The standard InChI is InChI=1S/C13H12BrCl2NS/c1-8(12-4-5-13(16)18-12)17-7-9-2-3-11(15)10(14)6-9/h2-6,8,17H,7H2,1H3. The number of benzene rings is 1.